The Morgan fingerprint density at radius 3 is 2.29 bits per heavy atom. The number of methoxy groups -OCH3 is 1. The summed E-state index contributed by atoms with van der Waals surface area (Å²) >= 11 is 0. The van der Waals surface area contributed by atoms with Crippen molar-refractivity contribution in [3.8, 4) is 5.75 Å². The van der Waals surface area contributed by atoms with Crippen molar-refractivity contribution >= 4 is 27.5 Å². The normalized spacial score (nSPS) is 12.6. The van der Waals surface area contributed by atoms with Gasteiger partial charge in [-0.05, 0) is 70.9 Å². The number of rotatable bonds is 9. The molecule has 1 N–H and O–H groups in total. The zero-order valence-corrected chi connectivity index (χ0v) is 22.7. The van der Waals surface area contributed by atoms with Gasteiger partial charge in [0.1, 0.15) is 18.3 Å². The van der Waals surface area contributed by atoms with Gasteiger partial charge in [0.2, 0.25) is 21.8 Å². The first-order valence-corrected chi connectivity index (χ1v) is 13.3. The number of hydrogen-bond donors (Lipinski definition) is 1. The van der Waals surface area contributed by atoms with Gasteiger partial charge in [-0.3, -0.25) is 13.9 Å². The molecule has 0 fully saturated rings. The van der Waals surface area contributed by atoms with E-state index in [-0.39, 0.29) is 12.5 Å². The number of benzene rings is 2. The molecule has 0 bridgehead atoms. The summed E-state index contributed by atoms with van der Waals surface area (Å²) in [5.41, 5.74) is 2.41. The number of sulfonamides is 1. The summed E-state index contributed by atoms with van der Waals surface area (Å²) < 4.78 is 31.8. The molecule has 0 saturated carbocycles. The van der Waals surface area contributed by atoms with Gasteiger partial charge >= 0.3 is 0 Å². The number of nitrogens with zero attached hydrogens (tertiary/aromatic N) is 2. The third kappa shape index (κ3) is 7.99. The van der Waals surface area contributed by atoms with E-state index in [1.807, 2.05) is 39.8 Å². The quantitative estimate of drug-likeness (QED) is 0.566. The zero-order chi connectivity index (χ0) is 26.6. The standard InChI is InChI=1S/C26H37N3O5S/c1-18-12-13-23(19(2)14-18)29(35(8,32)33)17-24(30)28(20(3)25(31)27-26(4,5)6)16-21-10-9-11-22(15-21)34-7/h9-15,20H,16-17H2,1-8H3,(H,27,31)/t20-/m0/s1. The molecule has 0 aliphatic heterocycles. The SMILES string of the molecule is COc1cccc(CN(C(=O)CN(c2ccc(C)cc2C)S(C)(=O)=O)[C@@H](C)C(=O)NC(C)(C)C)c1. The third-order valence-electron chi connectivity index (χ3n) is 5.45. The van der Waals surface area contributed by atoms with Crippen molar-refractivity contribution in [3.63, 3.8) is 0 Å². The van der Waals surface area contributed by atoms with Crippen molar-refractivity contribution in [2.24, 2.45) is 0 Å². The van der Waals surface area contributed by atoms with E-state index in [0.717, 1.165) is 27.3 Å². The first-order chi connectivity index (χ1) is 16.1. The molecular formula is C26H37N3O5S. The van der Waals surface area contributed by atoms with Gasteiger partial charge in [0, 0.05) is 12.1 Å². The zero-order valence-electron chi connectivity index (χ0n) is 21.9. The van der Waals surface area contributed by atoms with Crippen LogP contribution >= 0.6 is 0 Å². The largest absolute Gasteiger partial charge is 0.497 e. The van der Waals surface area contributed by atoms with Crippen molar-refractivity contribution in [2.75, 3.05) is 24.2 Å². The topological polar surface area (TPSA) is 96.0 Å². The summed E-state index contributed by atoms with van der Waals surface area (Å²) in [5, 5.41) is 2.90. The van der Waals surface area contributed by atoms with Crippen LogP contribution < -0.4 is 14.4 Å². The number of aryl methyl sites for hydroxylation is 2. The maximum atomic E-state index is 13.6. The van der Waals surface area contributed by atoms with Crippen LogP contribution in [-0.4, -0.2) is 56.6 Å². The Labute approximate surface area is 209 Å². The second-order valence-electron chi connectivity index (χ2n) is 9.85. The summed E-state index contributed by atoms with van der Waals surface area (Å²) in [6.45, 7) is 10.6. The molecule has 0 heterocycles. The third-order valence-corrected chi connectivity index (χ3v) is 6.58. The van der Waals surface area contributed by atoms with Gasteiger partial charge in [-0.15, -0.1) is 0 Å². The number of ether oxygens (including phenoxy) is 1. The Hall–Kier alpha value is -3.07. The van der Waals surface area contributed by atoms with E-state index in [1.54, 1.807) is 51.3 Å². The number of carbonyl (C=O) groups is 2. The molecule has 2 rings (SSSR count). The predicted octanol–water partition coefficient (Wildman–Crippen LogP) is 3.41. The predicted molar refractivity (Wildman–Crippen MR) is 139 cm³/mol. The average Bonchev–Trinajstić information content (AvgIpc) is 2.74. The molecule has 192 valence electrons. The highest BCUT2D eigenvalue weighted by Crippen LogP contribution is 2.24. The van der Waals surface area contributed by atoms with Gasteiger partial charge in [-0.1, -0.05) is 29.8 Å². The molecular weight excluding hydrogens is 466 g/mol. The maximum absolute atomic E-state index is 13.6. The molecule has 0 saturated heterocycles. The van der Waals surface area contributed by atoms with Crippen molar-refractivity contribution in [1.29, 1.82) is 0 Å². The molecule has 0 spiro atoms. The number of carbonyl (C=O) groups excluding carboxylic acids is 2. The fraction of sp³-hybridized carbons (Fsp3) is 0.462. The Morgan fingerprint density at radius 1 is 1.09 bits per heavy atom. The van der Waals surface area contributed by atoms with Crippen LogP contribution in [0, 0.1) is 13.8 Å². The molecule has 1 atom stereocenters. The molecule has 2 aromatic carbocycles. The molecule has 9 heteroatoms. The highest BCUT2D eigenvalue weighted by Gasteiger charge is 2.31. The number of amides is 2. The summed E-state index contributed by atoms with van der Waals surface area (Å²) in [7, 11) is -2.22. The first-order valence-electron chi connectivity index (χ1n) is 11.4. The van der Waals surface area contributed by atoms with Gasteiger partial charge in [-0.25, -0.2) is 8.42 Å². The smallest absolute Gasteiger partial charge is 0.244 e. The minimum absolute atomic E-state index is 0.110. The molecule has 0 unspecified atom stereocenters. The molecule has 0 aromatic heterocycles. The monoisotopic (exact) mass is 503 g/mol. The molecule has 0 radical (unpaired) electrons. The van der Waals surface area contributed by atoms with Crippen molar-refractivity contribution in [2.45, 2.75) is 59.7 Å². The molecule has 2 amide bonds. The fourth-order valence-electron chi connectivity index (χ4n) is 3.70. The van der Waals surface area contributed by atoms with Crippen molar-refractivity contribution < 1.29 is 22.7 Å². The van der Waals surface area contributed by atoms with Crippen LogP contribution in [-0.2, 0) is 26.2 Å². The van der Waals surface area contributed by atoms with Gasteiger partial charge in [0.15, 0.2) is 0 Å². The summed E-state index contributed by atoms with van der Waals surface area (Å²) in [6, 6.07) is 11.7. The molecule has 0 aliphatic rings. The summed E-state index contributed by atoms with van der Waals surface area (Å²) in [5.74, 6) is -0.198. The van der Waals surface area contributed by atoms with Crippen molar-refractivity contribution in [1.82, 2.24) is 10.2 Å². The van der Waals surface area contributed by atoms with E-state index >= 15 is 0 Å². The summed E-state index contributed by atoms with van der Waals surface area (Å²) in [6.07, 6.45) is 1.07. The van der Waals surface area contributed by atoms with E-state index in [4.69, 9.17) is 4.74 Å². The van der Waals surface area contributed by atoms with Crippen LogP contribution in [0.3, 0.4) is 0 Å². The lowest BCUT2D eigenvalue weighted by molar-refractivity contribution is -0.140. The number of nitrogens with one attached hydrogen (secondary N) is 1. The van der Waals surface area contributed by atoms with E-state index < -0.39 is 34.1 Å². The second kappa shape index (κ2) is 11.1. The lowest BCUT2D eigenvalue weighted by Gasteiger charge is -2.33. The second-order valence-corrected chi connectivity index (χ2v) is 11.8. The Bertz CT molecular complexity index is 1170. The fourth-order valence-corrected chi connectivity index (χ4v) is 4.61. The molecule has 0 aliphatic carbocycles. The minimum atomic E-state index is -3.77. The van der Waals surface area contributed by atoms with E-state index in [2.05, 4.69) is 5.32 Å². The summed E-state index contributed by atoms with van der Waals surface area (Å²) in [4.78, 5) is 28.0. The molecule has 2 aromatic rings. The maximum Gasteiger partial charge on any atom is 0.244 e. The van der Waals surface area contributed by atoms with Crippen LogP contribution in [0.5, 0.6) is 5.75 Å². The van der Waals surface area contributed by atoms with Crippen LogP contribution in [0.2, 0.25) is 0 Å². The van der Waals surface area contributed by atoms with Crippen LogP contribution in [0.4, 0.5) is 5.69 Å². The van der Waals surface area contributed by atoms with Crippen LogP contribution in [0.1, 0.15) is 44.4 Å². The van der Waals surface area contributed by atoms with E-state index in [9.17, 15) is 18.0 Å². The van der Waals surface area contributed by atoms with Crippen molar-refractivity contribution in [3.05, 3.63) is 59.2 Å². The Balaban J connectivity index is 2.45. The molecule has 35 heavy (non-hydrogen) atoms. The highest BCUT2D eigenvalue weighted by atomic mass is 32.2. The van der Waals surface area contributed by atoms with Gasteiger partial charge < -0.3 is 15.0 Å². The minimum Gasteiger partial charge on any atom is -0.497 e. The lowest BCUT2D eigenvalue weighted by Crippen LogP contribution is -2.54. The Morgan fingerprint density at radius 2 is 1.74 bits per heavy atom. The van der Waals surface area contributed by atoms with Gasteiger partial charge in [0.05, 0.1) is 19.1 Å². The Kier molecular flexibility index (Phi) is 8.94. The first kappa shape index (κ1) is 28.2. The lowest BCUT2D eigenvalue weighted by atomic mass is 10.1. The average molecular weight is 504 g/mol. The molecule has 8 nitrogen and oxygen atoms in total. The number of anilines is 1. The van der Waals surface area contributed by atoms with E-state index in [1.165, 1.54) is 4.90 Å². The highest BCUT2D eigenvalue weighted by molar-refractivity contribution is 7.92. The van der Waals surface area contributed by atoms with Gasteiger partial charge in [-0.2, -0.15) is 0 Å². The van der Waals surface area contributed by atoms with Gasteiger partial charge in [0.25, 0.3) is 0 Å². The van der Waals surface area contributed by atoms with Crippen LogP contribution in [0.15, 0.2) is 42.5 Å². The number of hydrogen-bond acceptors (Lipinski definition) is 5. The van der Waals surface area contributed by atoms with E-state index in [0.29, 0.717) is 11.4 Å². The van der Waals surface area contributed by atoms with Crippen LogP contribution in [0.25, 0.3) is 0 Å².